The summed E-state index contributed by atoms with van der Waals surface area (Å²) in [5.74, 6) is -0.743. The Balaban J connectivity index is 3.32. The van der Waals surface area contributed by atoms with Gasteiger partial charge in [0.25, 0.3) is 0 Å². The van der Waals surface area contributed by atoms with Gasteiger partial charge in [-0.05, 0) is 12.3 Å². The van der Waals surface area contributed by atoms with E-state index in [2.05, 4.69) is 38.8 Å². The van der Waals surface area contributed by atoms with Crippen LogP contribution in [0.5, 0.6) is 0 Å². The van der Waals surface area contributed by atoms with Gasteiger partial charge in [0.2, 0.25) is 0 Å². The molecule has 0 aromatic heterocycles. The molecule has 0 saturated heterocycles. The summed E-state index contributed by atoms with van der Waals surface area (Å²) in [6.07, 6.45) is 18.4. The lowest BCUT2D eigenvalue weighted by Crippen LogP contribution is -2.31. The number of hydrogen-bond donors (Lipinski definition) is 1. The van der Waals surface area contributed by atoms with Gasteiger partial charge in [0, 0.05) is 0 Å². The smallest absolute Gasteiger partial charge is 0.331 e. The fraction of sp³-hybridized carbons (Fsp3) is 0.947. The lowest BCUT2D eigenvalue weighted by Gasteiger charge is -2.23. The van der Waals surface area contributed by atoms with Crippen LogP contribution in [0.2, 0.25) is 0 Å². The molecular weight excluding hydrogens is 420 g/mol. The first-order chi connectivity index (χ1) is 10.9. The van der Waals surface area contributed by atoms with Crippen molar-refractivity contribution in [3.05, 3.63) is 0 Å². The quantitative estimate of drug-likeness (QED) is 0.191. The zero-order chi connectivity index (χ0) is 17.6. The molecule has 0 aliphatic rings. The van der Waals surface area contributed by atoms with E-state index in [1.807, 2.05) is 6.92 Å². The maximum Gasteiger partial charge on any atom is 0.331 e. The van der Waals surface area contributed by atoms with Gasteiger partial charge < -0.3 is 5.11 Å². The second kappa shape index (κ2) is 14.7. The summed E-state index contributed by atoms with van der Waals surface area (Å²) >= 11 is 6.53. The molecule has 23 heavy (non-hydrogen) atoms. The van der Waals surface area contributed by atoms with Crippen molar-refractivity contribution in [1.29, 1.82) is 0 Å². The van der Waals surface area contributed by atoms with Gasteiger partial charge in [-0.1, -0.05) is 129 Å². The number of unbranched alkanes of at least 4 members (excludes halogenated alkanes) is 12. The molecule has 0 aromatic carbocycles. The van der Waals surface area contributed by atoms with Gasteiger partial charge in [-0.2, -0.15) is 0 Å². The number of alkyl halides is 2. The van der Waals surface area contributed by atoms with Crippen LogP contribution < -0.4 is 0 Å². The number of halogens is 2. The SMILES string of the molecule is CCCCCCCCCCCCCCCC(C)C(Br)(Br)C(=O)O. The van der Waals surface area contributed by atoms with Crippen LogP contribution >= 0.6 is 31.9 Å². The molecule has 1 unspecified atom stereocenters. The van der Waals surface area contributed by atoms with E-state index in [0.29, 0.717) is 0 Å². The highest BCUT2D eigenvalue weighted by atomic mass is 79.9. The molecular formula is C19H36Br2O2. The molecule has 0 fully saturated rings. The molecule has 1 N–H and O–H groups in total. The molecule has 0 spiro atoms. The molecule has 1 atom stereocenters. The first-order valence-electron chi connectivity index (χ1n) is 9.54. The molecule has 0 bridgehead atoms. The van der Waals surface area contributed by atoms with Crippen molar-refractivity contribution in [3.63, 3.8) is 0 Å². The van der Waals surface area contributed by atoms with Gasteiger partial charge in [0.1, 0.15) is 0 Å². The van der Waals surface area contributed by atoms with E-state index >= 15 is 0 Å². The predicted octanol–water partition coefficient (Wildman–Crippen LogP) is 7.67. The van der Waals surface area contributed by atoms with E-state index in [1.165, 1.54) is 77.0 Å². The average molecular weight is 456 g/mol. The van der Waals surface area contributed by atoms with Crippen LogP contribution in [0.1, 0.15) is 104 Å². The Labute approximate surface area is 160 Å². The number of aliphatic carboxylic acids is 1. The third-order valence-corrected chi connectivity index (χ3v) is 6.89. The summed E-state index contributed by atoms with van der Waals surface area (Å²) in [6, 6.07) is 0. The van der Waals surface area contributed by atoms with Crippen molar-refractivity contribution < 1.29 is 9.90 Å². The van der Waals surface area contributed by atoms with Crippen molar-refractivity contribution in [1.82, 2.24) is 0 Å². The third-order valence-electron chi connectivity index (χ3n) is 4.64. The summed E-state index contributed by atoms with van der Waals surface area (Å²) in [7, 11) is 0. The predicted molar refractivity (Wildman–Crippen MR) is 108 cm³/mol. The molecule has 138 valence electrons. The van der Waals surface area contributed by atoms with Crippen LogP contribution in [0.25, 0.3) is 0 Å². The minimum atomic E-state index is -0.961. The Morgan fingerprint density at radius 1 is 0.826 bits per heavy atom. The van der Waals surface area contributed by atoms with E-state index in [0.717, 1.165) is 12.8 Å². The second-order valence-corrected chi connectivity index (χ2v) is 10.4. The number of hydrogen-bond acceptors (Lipinski definition) is 1. The van der Waals surface area contributed by atoms with Gasteiger partial charge in [0.15, 0.2) is 3.23 Å². The minimum absolute atomic E-state index is 0.0905. The van der Waals surface area contributed by atoms with E-state index in [4.69, 9.17) is 5.11 Å². The molecule has 0 aromatic rings. The Morgan fingerprint density at radius 3 is 1.52 bits per heavy atom. The van der Waals surface area contributed by atoms with Crippen molar-refractivity contribution in [2.24, 2.45) is 5.92 Å². The number of carboxylic acid groups (broad SMARTS) is 1. The van der Waals surface area contributed by atoms with Crippen molar-refractivity contribution in [3.8, 4) is 0 Å². The maximum atomic E-state index is 11.1. The zero-order valence-electron chi connectivity index (χ0n) is 15.1. The van der Waals surface area contributed by atoms with Crippen molar-refractivity contribution in [2.75, 3.05) is 0 Å². The zero-order valence-corrected chi connectivity index (χ0v) is 18.3. The molecule has 0 heterocycles. The van der Waals surface area contributed by atoms with Crippen LogP contribution in [-0.2, 0) is 4.79 Å². The maximum absolute atomic E-state index is 11.1. The molecule has 2 nitrogen and oxygen atoms in total. The summed E-state index contributed by atoms with van der Waals surface area (Å²) in [4.78, 5) is 11.1. The van der Waals surface area contributed by atoms with Crippen molar-refractivity contribution >= 4 is 37.8 Å². The minimum Gasteiger partial charge on any atom is -0.480 e. The van der Waals surface area contributed by atoms with E-state index < -0.39 is 9.20 Å². The molecule has 0 rings (SSSR count). The lowest BCUT2D eigenvalue weighted by atomic mass is 9.98. The molecule has 0 aliphatic heterocycles. The van der Waals surface area contributed by atoms with Gasteiger partial charge in [-0.3, -0.25) is 0 Å². The fourth-order valence-electron chi connectivity index (χ4n) is 2.86. The van der Waals surface area contributed by atoms with Crippen LogP contribution in [0.4, 0.5) is 0 Å². The van der Waals surface area contributed by atoms with Crippen LogP contribution in [0, 0.1) is 5.92 Å². The summed E-state index contributed by atoms with van der Waals surface area (Å²) < 4.78 is -0.961. The number of rotatable bonds is 16. The topological polar surface area (TPSA) is 37.3 Å². The summed E-state index contributed by atoms with van der Waals surface area (Å²) in [5.41, 5.74) is 0. The highest BCUT2D eigenvalue weighted by Gasteiger charge is 2.37. The number of carbonyl (C=O) groups is 1. The first kappa shape index (κ1) is 23.4. The number of carboxylic acids is 1. The van der Waals surface area contributed by atoms with Gasteiger partial charge in [-0.25, -0.2) is 4.79 Å². The Kier molecular flexibility index (Phi) is 15.0. The third kappa shape index (κ3) is 12.4. The standard InChI is InChI=1S/C19H36Br2O2/c1-3-4-5-6-7-8-9-10-11-12-13-14-15-16-17(2)19(20,21)18(22)23/h17H,3-16H2,1-2H3,(H,22,23). The molecule has 0 aliphatic carbocycles. The normalized spacial score (nSPS) is 13.2. The summed E-state index contributed by atoms with van der Waals surface area (Å²) in [6.45, 7) is 4.25. The Bertz CT molecular complexity index is 293. The van der Waals surface area contributed by atoms with Gasteiger partial charge in [-0.15, -0.1) is 0 Å². The van der Waals surface area contributed by atoms with E-state index in [1.54, 1.807) is 0 Å². The Hall–Kier alpha value is 0.430. The average Bonchev–Trinajstić information content (AvgIpc) is 2.51. The van der Waals surface area contributed by atoms with Crippen LogP contribution in [0.15, 0.2) is 0 Å². The molecule has 0 saturated carbocycles. The second-order valence-electron chi connectivity index (χ2n) is 6.86. The van der Waals surface area contributed by atoms with Gasteiger partial charge in [0.05, 0.1) is 0 Å². The molecule has 0 radical (unpaired) electrons. The highest BCUT2D eigenvalue weighted by Crippen LogP contribution is 2.37. The van der Waals surface area contributed by atoms with E-state index in [9.17, 15) is 4.79 Å². The fourth-order valence-corrected chi connectivity index (χ4v) is 3.32. The van der Waals surface area contributed by atoms with Crippen LogP contribution in [-0.4, -0.2) is 14.3 Å². The lowest BCUT2D eigenvalue weighted by molar-refractivity contribution is -0.138. The van der Waals surface area contributed by atoms with Crippen molar-refractivity contribution in [2.45, 2.75) is 107 Å². The highest BCUT2D eigenvalue weighted by molar-refractivity contribution is 9.25. The first-order valence-corrected chi connectivity index (χ1v) is 11.1. The van der Waals surface area contributed by atoms with E-state index in [-0.39, 0.29) is 5.92 Å². The summed E-state index contributed by atoms with van der Waals surface area (Å²) in [5, 5.41) is 9.12. The Morgan fingerprint density at radius 2 is 1.17 bits per heavy atom. The van der Waals surface area contributed by atoms with Crippen LogP contribution in [0.3, 0.4) is 0 Å². The van der Waals surface area contributed by atoms with Gasteiger partial charge >= 0.3 is 5.97 Å². The molecule has 0 amide bonds. The molecule has 4 heteroatoms. The largest absolute Gasteiger partial charge is 0.480 e. The monoisotopic (exact) mass is 454 g/mol.